The van der Waals surface area contributed by atoms with E-state index in [0.29, 0.717) is 5.92 Å². The third-order valence-electron chi connectivity index (χ3n) is 7.44. The van der Waals surface area contributed by atoms with Crippen molar-refractivity contribution in [3.63, 3.8) is 0 Å². The van der Waals surface area contributed by atoms with E-state index in [0.717, 1.165) is 48.1 Å². The molecule has 3 rings (SSSR count). The lowest BCUT2D eigenvalue weighted by Crippen LogP contribution is -2.42. The zero-order valence-electron chi connectivity index (χ0n) is 23.2. The van der Waals surface area contributed by atoms with Gasteiger partial charge in [0, 0.05) is 24.0 Å². The maximum absolute atomic E-state index is 11.8. The Morgan fingerprint density at radius 2 is 1.95 bits per heavy atom. The molecule has 9 heteroatoms. The molecule has 208 valence electrons. The van der Waals surface area contributed by atoms with Crippen LogP contribution in [-0.4, -0.2) is 47.8 Å². The van der Waals surface area contributed by atoms with E-state index in [1.165, 1.54) is 50.4 Å². The van der Waals surface area contributed by atoms with Crippen molar-refractivity contribution in [1.29, 1.82) is 0 Å². The second kappa shape index (κ2) is 13.8. The van der Waals surface area contributed by atoms with Crippen LogP contribution in [0.3, 0.4) is 0 Å². The van der Waals surface area contributed by atoms with Crippen molar-refractivity contribution >= 4 is 43.4 Å². The predicted octanol–water partition coefficient (Wildman–Crippen LogP) is 7.81. The van der Waals surface area contributed by atoms with Gasteiger partial charge in [-0.1, -0.05) is 56.0 Å². The molecule has 1 aromatic heterocycles. The SMILES string of the molecule is CC(=O)OC1CCC(C=CCC(C)(CC2CCCCC2)O[Si](C)(C)C)C1CCSc1nc(C(=O)O)cs1. The van der Waals surface area contributed by atoms with E-state index in [1.54, 1.807) is 17.1 Å². The summed E-state index contributed by atoms with van der Waals surface area (Å²) in [7, 11) is -1.69. The van der Waals surface area contributed by atoms with Gasteiger partial charge in [-0.3, -0.25) is 4.79 Å². The Morgan fingerprint density at radius 1 is 1.22 bits per heavy atom. The Morgan fingerprint density at radius 3 is 2.57 bits per heavy atom. The highest BCUT2D eigenvalue weighted by atomic mass is 32.2. The zero-order valence-corrected chi connectivity index (χ0v) is 25.8. The predicted molar refractivity (Wildman–Crippen MR) is 154 cm³/mol. The molecule has 0 bridgehead atoms. The minimum absolute atomic E-state index is 0.0644. The summed E-state index contributed by atoms with van der Waals surface area (Å²) in [4.78, 5) is 27.1. The van der Waals surface area contributed by atoms with E-state index in [2.05, 4.69) is 43.7 Å². The number of thiazole rings is 1. The highest BCUT2D eigenvalue weighted by Crippen LogP contribution is 2.40. The van der Waals surface area contributed by atoms with Gasteiger partial charge >= 0.3 is 11.9 Å². The number of rotatable bonds is 13. The summed E-state index contributed by atoms with van der Waals surface area (Å²) < 4.78 is 13.3. The molecule has 0 saturated heterocycles. The lowest BCUT2D eigenvalue weighted by Gasteiger charge is -2.39. The van der Waals surface area contributed by atoms with Crippen LogP contribution in [0.4, 0.5) is 0 Å². The standard InChI is InChI=1S/C28H45NO5S2Si/c1-20(30)33-25-14-13-22(23(25)15-17-35-27-29-24(19-36-27)26(31)32)12-9-16-28(2,34-37(3,4)5)18-21-10-7-6-8-11-21/h9,12,19,21-23,25H,6-8,10-11,13-18H2,1-5H3,(H,31,32). The number of thioether (sulfide) groups is 1. The number of aromatic nitrogens is 1. The summed E-state index contributed by atoms with van der Waals surface area (Å²) in [6.07, 6.45) is 16.2. The first-order chi connectivity index (χ1) is 17.4. The van der Waals surface area contributed by atoms with Crippen molar-refractivity contribution in [3.8, 4) is 0 Å². The highest BCUT2D eigenvalue weighted by molar-refractivity contribution is 8.01. The van der Waals surface area contributed by atoms with Gasteiger partial charge in [-0.05, 0) is 70.5 Å². The average molecular weight is 568 g/mol. The molecule has 1 heterocycles. The zero-order chi connectivity index (χ0) is 27.1. The Balaban J connectivity index is 1.63. The maximum atomic E-state index is 11.8. The lowest BCUT2D eigenvalue weighted by atomic mass is 9.80. The molecule has 0 aliphatic heterocycles. The van der Waals surface area contributed by atoms with Crippen LogP contribution in [0.2, 0.25) is 19.6 Å². The number of carboxylic acid groups (broad SMARTS) is 1. The first-order valence-corrected chi connectivity index (χ1v) is 19.1. The van der Waals surface area contributed by atoms with Crippen LogP contribution < -0.4 is 0 Å². The Labute approximate surface area is 232 Å². The van der Waals surface area contributed by atoms with E-state index in [4.69, 9.17) is 14.3 Å². The first kappa shape index (κ1) is 30.4. The lowest BCUT2D eigenvalue weighted by molar-refractivity contribution is -0.148. The van der Waals surface area contributed by atoms with Crippen molar-refractivity contribution in [2.45, 2.75) is 114 Å². The number of carbonyl (C=O) groups is 2. The van der Waals surface area contributed by atoms with Gasteiger partial charge in [0.2, 0.25) is 0 Å². The number of hydrogen-bond donors (Lipinski definition) is 1. The molecule has 4 unspecified atom stereocenters. The molecule has 37 heavy (non-hydrogen) atoms. The van der Waals surface area contributed by atoms with E-state index in [-0.39, 0.29) is 29.3 Å². The minimum atomic E-state index is -1.69. The van der Waals surface area contributed by atoms with Crippen LogP contribution in [0.25, 0.3) is 0 Å². The Hall–Kier alpha value is -1.16. The van der Waals surface area contributed by atoms with Gasteiger partial charge in [0.05, 0.1) is 5.60 Å². The van der Waals surface area contributed by atoms with Crippen LogP contribution in [0.15, 0.2) is 21.9 Å². The molecule has 0 aromatic carbocycles. The Bertz CT molecular complexity index is 924. The third-order valence-corrected chi connectivity index (χ3v) is 10.6. The van der Waals surface area contributed by atoms with Gasteiger partial charge in [-0.15, -0.1) is 11.3 Å². The van der Waals surface area contributed by atoms with E-state index < -0.39 is 14.3 Å². The number of carbonyl (C=O) groups excluding carboxylic acids is 1. The summed E-state index contributed by atoms with van der Waals surface area (Å²) >= 11 is 2.96. The van der Waals surface area contributed by atoms with Gasteiger partial charge in [-0.2, -0.15) is 0 Å². The van der Waals surface area contributed by atoms with Crippen molar-refractivity contribution in [2.24, 2.45) is 17.8 Å². The number of allylic oxidation sites excluding steroid dienone is 1. The summed E-state index contributed by atoms with van der Waals surface area (Å²) in [6, 6.07) is 0. The van der Waals surface area contributed by atoms with Gasteiger partial charge in [-0.25, -0.2) is 9.78 Å². The minimum Gasteiger partial charge on any atom is -0.476 e. The van der Waals surface area contributed by atoms with Crippen molar-refractivity contribution < 1.29 is 23.9 Å². The molecular weight excluding hydrogens is 523 g/mol. The second-order valence-corrected chi connectivity index (χ2v) is 18.6. The van der Waals surface area contributed by atoms with Gasteiger partial charge in [0.1, 0.15) is 6.10 Å². The van der Waals surface area contributed by atoms with Crippen LogP contribution in [0.5, 0.6) is 0 Å². The highest BCUT2D eigenvalue weighted by Gasteiger charge is 2.37. The van der Waals surface area contributed by atoms with Crippen molar-refractivity contribution in [2.75, 3.05) is 5.75 Å². The molecule has 2 saturated carbocycles. The third kappa shape index (κ3) is 10.1. The molecule has 4 atom stereocenters. The molecule has 0 radical (unpaired) electrons. The smallest absolute Gasteiger partial charge is 0.355 e. The second-order valence-electron chi connectivity index (χ2n) is 12.0. The van der Waals surface area contributed by atoms with Crippen LogP contribution in [0, 0.1) is 17.8 Å². The normalized spacial score (nSPS) is 24.8. The average Bonchev–Trinajstić information content (AvgIpc) is 3.41. The summed E-state index contributed by atoms with van der Waals surface area (Å²) in [5.74, 6) is 0.989. The number of carboxylic acids is 1. The van der Waals surface area contributed by atoms with Gasteiger partial charge in [0.15, 0.2) is 18.4 Å². The quantitative estimate of drug-likeness (QED) is 0.113. The van der Waals surface area contributed by atoms with Crippen LogP contribution >= 0.6 is 23.1 Å². The molecule has 0 amide bonds. The molecule has 2 fully saturated rings. The molecule has 6 nitrogen and oxygen atoms in total. The summed E-state index contributed by atoms with van der Waals surface area (Å²) in [5, 5.41) is 10.7. The first-order valence-electron chi connectivity index (χ1n) is 13.8. The summed E-state index contributed by atoms with van der Waals surface area (Å²) in [6.45, 7) is 10.7. The molecule has 2 aliphatic carbocycles. The van der Waals surface area contributed by atoms with Crippen LogP contribution in [-0.2, 0) is 14.0 Å². The molecule has 2 aliphatic rings. The van der Waals surface area contributed by atoms with E-state index in [1.807, 2.05) is 0 Å². The van der Waals surface area contributed by atoms with E-state index in [9.17, 15) is 9.59 Å². The van der Waals surface area contributed by atoms with Crippen molar-refractivity contribution in [3.05, 3.63) is 23.2 Å². The number of hydrogen-bond acceptors (Lipinski definition) is 7. The Kier molecular flexibility index (Phi) is 11.3. The fraction of sp³-hybridized carbons (Fsp3) is 0.750. The fourth-order valence-corrected chi connectivity index (χ4v) is 9.72. The number of aromatic carboxylic acids is 1. The van der Waals surface area contributed by atoms with Gasteiger partial charge < -0.3 is 14.3 Å². The maximum Gasteiger partial charge on any atom is 0.355 e. The van der Waals surface area contributed by atoms with E-state index >= 15 is 0 Å². The molecular formula is C28H45NO5S2Si. The molecule has 1 aromatic rings. The number of esters is 1. The monoisotopic (exact) mass is 567 g/mol. The van der Waals surface area contributed by atoms with Crippen LogP contribution in [0.1, 0.15) is 88.5 Å². The summed E-state index contributed by atoms with van der Waals surface area (Å²) in [5.41, 5.74) is -0.0293. The number of nitrogens with zero attached hydrogens (tertiary/aromatic N) is 1. The molecule has 1 N–H and O–H groups in total. The number of ether oxygens (including phenoxy) is 1. The van der Waals surface area contributed by atoms with Gasteiger partial charge in [0.25, 0.3) is 0 Å². The molecule has 0 spiro atoms. The van der Waals surface area contributed by atoms with Crippen molar-refractivity contribution in [1.82, 2.24) is 4.98 Å². The topological polar surface area (TPSA) is 85.7 Å². The largest absolute Gasteiger partial charge is 0.476 e. The fourth-order valence-electron chi connectivity index (χ4n) is 6.16.